The largest absolute Gasteiger partial charge is 0.490 e. The standard InChI is InChI=1S/C27H29ClN2O4S/c1-19-7-12-23(17-20(19)2)30(35(32,33)26-15-8-21(28)9-16-26)18-27(31)29-22-10-13-25(14-11-22)34-24-5-3-4-6-24/h7-17,24H,3-6,18H2,1-2H3,(H,29,31). The molecule has 4 rings (SSSR count). The smallest absolute Gasteiger partial charge is 0.264 e. The molecular formula is C27H29ClN2O4S. The normalized spacial score (nSPS) is 14.0. The van der Waals surface area contributed by atoms with E-state index in [9.17, 15) is 13.2 Å². The Morgan fingerprint density at radius 3 is 2.26 bits per heavy atom. The van der Waals surface area contributed by atoms with E-state index in [-0.39, 0.29) is 17.5 Å². The summed E-state index contributed by atoms with van der Waals surface area (Å²) in [5.41, 5.74) is 2.94. The first kappa shape index (κ1) is 25.1. The van der Waals surface area contributed by atoms with Gasteiger partial charge >= 0.3 is 0 Å². The number of amides is 1. The van der Waals surface area contributed by atoms with E-state index >= 15 is 0 Å². The quantitative estimate of drug-likeness (QED) is 0.395. The average Bonchev–Trinajstić information content (AvgIpc) is 3.34. The van der Waals surface area contributed by atoms with Gasteiger partial charge < -0.3 is 10.1 Å². The van der Waals surface area contributed by atoms with Crippen LogP contribution in [0.4, 0.5) is 11.4 Å². The van der Waals surface area contributed by atoms with Gasteiger partial charge in [-0.3, -0.25) is 9.10 Å². The lowest BCUT2D eigenvalue weighted by atomic mass is 10.1. The second-order valence-corrected chi connectivity index (χ2v) is 11.1. The molecule has 0 saturated heterocycles. The van der Waals surface area contributed by atoms with Crippen LogP contribution in [-0.2, 0) is 14.8 Å². The lowest BCUT2D eigenvalue weighted by molar-refractivity contribution is -0.114. The number of halogens is 1. The molecule has 1 N–H and O–H groups in total. The van der Waals surface area contributed by atoms with E-state index in [4.69, 9.17) is 16.3 Å². The van der Waals surface area contributed by atoms with Crippen molar-refractivity contribution in [2.45, 2.75) is 50.5 Å². The number of hydrogen-bond donors (Lipinski definition) is 1. The molecule has 0 spiro atoms. The first-order valence-electron chi connectivity index (χ1n) is 11.6. The number of anilines is 2. The van der Waals surface area contributed by atoms with Crippen molar-refractivity contribution in [1.82, 2.24) is 0 Å². The fraction of sp³-hybridized carbons (Fsp3) is 0.296. The highest BCUT2D eigenvalue weighted by Crippen LogP contribution is 2.28. The van der Waals surface area contributed by atoms with E-state index in [1.165, 1.54) is 37.1 Å². The van der Waals surface area contributed by atoms with E-state index in [0.29, 0.717) is 16.4 Å². The summed E-state index contributed by atoms with van der Waals surface area (Å²) in [4.78, 5) is 13.0. The van der Waals surface area contributed by atoms with Crippen LogP contribution in [0.15, 0.2) is 71.6 Å². The van der Waals surface area contributed by atoms with Crippen LogP contribution in [0.2, 0.25) is 5.02 Å². The maximum absolute atomic E-state index is 13.5. The number of benzene rings is 3. The van der Waals surface area contributed by atoms with E-state index in [1.807, 2.05) is 32.0 Å². The fourth-order valence-corrected chi connectivity index (χ4v) is 5.61. The van der Waals surface area contributed by atoms with Gasteiger partial charge in [-0.2, -0.15) is 0 Å². The molecule has 1 aliphatic carbocycles. The number of carbonyl (C=O) groups is 1. The highest BCUT2D eigenvalue weighted by Gasteiger charge is 2.27. The van der Waals surface area contributed by atoms with Crippen molar-refractivity contribution < 1.29 is 17.9 Å². The molecule has 6 nitrogen and oxygen atoms in total. The lowest BCUT2D eigenvalue weighted by Gasteiger charge is -2.25. The van der Waals surface area contributed by atoms with Crippen molar-refractivity contribution in [3.05, 3.63) is 82.9 Å². The van der Waals surface area contributed by atoms with Gasteiger partial charge in [0.2, 0.25) is 5.91 Å². The second-order valence-electron chi connectivity index (χ2n) is 8.83. The van der Waals surface area contributed by atoms with Crippen molar-refractivity contribution in [2.24, 2.45) is 0 Å². The van der Waals surface area contributed by atoms with Crippen LogP contribution in [0.3, 0.4) is 0 Å². The number of sulfonamides is 1. The van der Waals surface area contributed by atoms with Crippen LogP contribution in [0.5, 0.6) is 5.75 Å². The van der Waals surface area contributed by atoms with Crippen LogP contribution < -0.4 is 14.4 Å². The van der Waals surface area contributed by atoms with Crippen molar-refractivity contribution in [2.75, 3.05) is 16.2 Å². The monoisotopic (exact) mass is 512 g/mol. The highest BCUT2D eigenvalue weighted by molar-refractivity contribution is 7.92. The number of nitrogens with zero attached hydrogens (tertiary/aromatic N) is 1. The third kappa shape index (κ3) is 6.16. The summed E-state index contributed by atoms with van der Waals surface area (Å²) in [5.74, 6) is 0.308. The van der Waals surface area contributed by atoms with Gasteiger partial charge in [-0.25, -0.2) is 8.42 Å². The van der Waals surface area contributed by atoms with Crippen molar-refractivity contribution in [1.29, 1.82) is 0 Å². The number of carbonyl (C=O) groups excluding carboxylic acids is 1. The number of aryl methyl sites for hydroxylation is 2. The zero-order chi connectivity index (χ0) is 25.0. The zero-order valence-corrected chi connectivity index (χ0v) is 21.4. The van der Waals surface area contributed by atoms with Crippen molar-refractivity contribution >= 4 is 38.9 Å². The molecule has 0 bridgehead atoms. The molecule has 1 fully saturated rings. The third-order valence-electron chi connectivity index (χ3n) is 6.21. The Hall–Kier alpha value is -3.03. The van der Waals surface area contributed by atoms with Crippen molar-refractivity contribution in [3.8, 4) is 5.75 Å². The minimum atomic E-state index is -4.01. The molecule has 0 aliphatic heterocycles. The van der Waals surface area contributed by atoms with Gasteiger partial charge in [-0.05, 0) is 111 Å². The van der Waals surface area contributed by atoms with Gasteiger partial charge in [0.15, 0.2) is 0 Å². The van der Waals surface area contributed by atoms with Gasteiger partial charge in [0.05, 0.1) is 16.7 Å². The maximum Gasteiger partial charge on any atom is 0.264 e. The number of hydrogen-bond acceptors (Lipinski definition) is 4. The van der Waals surface area contributed by atoms with Crippen LogP contribution in [0.1, 0.15) is 36.8 Å². The van der Waals surface area contributed by atoms with Crippen LogP contribution in [-0.4, -0.2) is 27.0 Å². The SMILES string of the molecule is Cc1ccc(N(CC(=O)Nc2ccc(OC3CCCC3)cc2)S(=O)(=O)c2ccc(Cl)cc2)cc1C. The summed E-state index contributed by atoms with van der Waals surface area (Å²) in [6.45, 7) is 3.47. The summed E-state index contributed by atoms with van der Waals surface area (Å²) in [7, 11) is -4.01. The van der Waals surface area contributed by atoms with E-state index < -0.39 is 15.9 Å². The Bertz CT molecular complexity index is 1290. The predicted molar refractivity (Wildman–Crippen MR) is 140 cm³/mol. The molecule has 1 saturated carbocycles. The minimum Gasteiger partial charge on any atom is -0.490 e. The summed E-state index contributed by atoms with van der Waals surface area (Å²) in [6.07, 6.45) is 4.76. The summed E-state index contributed by atoms with van der Waals surface area (Å²) < 4.78 is 34.1. The van der Waals surface area contributed by atoms with E-state index in [0.717, 1.165) is 34.0 Å². The number of nitrogens with one attached hydrogen (secondary N) is 1. The van der Waals surface area contributed by atoms with Gasteiger partial charge in [-0.15, -0.1) is 0 Å². The average molecular weight is 513 g/mol. The maximum atomic E-state index is 13.5. The Morgan fingerprint density at radius 1 is 0.971 bits per heavy atom. The lowest BCUT2D eigenvalue weighted by Crippen LogP contribution is -2.38. The Morgan fingerprint density at radius 2 is 1.63 bits per heavy atom. The van der Waals surface area contributed by atoms with Gasteiger partial charge in [0.25, 0.3) is 10.0 Å². The van der Waals surface area contributed by atoms with Crippen LogP contribution in [0.25, 0.3) is 0 Å². The molecule has 0 heterocycles. The van der Waals surface area contributed by atoms with Gasteiger partial charge in [0.1, 0.15) is 12.3 Å². The van der Waals surface area contributed by atoms with Gasteiger partial charge in [0, 0.05) is 10.7 Å². The van der Waals surface area contributed by atoms with Crippen molar-refractivity contribution in [3.63, 3.8) is 0 Å². The molecule has 0 radical (unpaired) electrons. The Balaban J connectivity index is 1.54. The molecule has 0 aromatic heterocycles. The molecule has 3 aromatic rings. The molecule has 0 unspecified atom stereocenters. The first-order valence-corrected chi connectivity index (χ1v) is 13.5. The Kier molecular flexibility index (Phi) is 7.67. The van der Waals surface area contributed by atoms with E-state index in [1.54, 1.807) is 24.3 Å². The fourth-order valence-electron chi connectivity index (χ4n) is 4.08. The number of ether oxygens (including phenoxy) is 1. The van der Waals surface area contributed by atoms with E-state index in [2.05, 4.69) is 5.32 Å². The van der Waals surface area contributed by atoms with Crippen LogP contribution >= 0.6 is 11.6 Å². The predicted octanol–water partition coefficient (Wildman–Crippen LogP) is 6.11. The summed E-state index contributed by atoms with van der Waals surface area (Å²) in [6, 6.07) is 18.4. The summed E-state index contributed by atoms with van der Waals surface area (Å²) >= 11 is 5.95. The molecule has 35 heavy (non-hydrogen) atoms. The van der Waals surface area contributed by atoms with Gasteiger partial charge in [-0.1, -0.05) is 17.7 Å². The zero-order valence-electron chi connectivity index (χ0n) is 19.8. The third-order valence-corrected chi connectivity index (χ3v) is 8.25. The highest BCUT2D eigenvalue weighted by atomic mass is 35.5. The Labute approximate surface area is 211 Å². The topological polar surface area (TPSA) is 75.7 Å². The van der Waals surface area contributed by atoms with Crippen LogP contribution in [0, 0.1) is 13.8 Å². The molecule has 1 amide bonds. The molecule has 0 atom stereocenters. The summed E-state index contributed by atoms with van der Waals surface area (Å²) in [5, 5.41) is 3.23. The first-order chi connectivity index (χ1) is 16.7. The molecule has 8 heteroatoms. The minimum absolute atomic E-state index is 0.0568. The molecular weight excluding hydrogens is 484 g/mol. The number of rotatable bonds is 8. The molecule has 3 aromatic carbocycles. The molecule has 184 valence electrons. The molecule has 1 aliphatic rings. The second kappa shape index (κ2) is 10.7.